The average Bonchev–Trinajstić information content (AvgIpc) is 2.15. The number of hydrogen-bond donors (Lipinski definition) is 0. The quantitative estimate of drug-likeness (QED) is 0.508. The lowest BCUT2D eigenvalue weighted by Crippen LogP contribution is -1.96. The normalized spacial score (nSPS) is 11.8. The molecule has 0 radical (unpaired) electrons. The van der Waals surface area contributed by atoms with Crippen LogP contribution in [0.1, 0.15) is 25.3 Å². The molecular weight excluding hydrogens is 160 g/mol. The third-order valence-electron chi connectivity index (χ3n) is 1.84. The van der Waals surface area contributed by atoms with Gasteiger partial charge in [0, 0.05) is 0 Å². The van der Waals surface area contributed by atoms with E-state index in [1.165, 1.54) is 5.57 Å². The SMILES string of the molecule is CC(C)=CC(C=O)c1ccccc1. The molecule has 68 valence electrons. The largest absolute Gasteiger partial charge is 0.302 e. The first-order valence-electron chi connectivity index (χ1n) is 4.39. The Hall–Kier alpha value is -1.37. The fourth-order valence-electron chi connectivity index (χ4n) is 1.25. The van der Waals surface area contributed by atoms with Gasteiger partial charge in [-0.3, -0.25) is 0 Å². The number of rotatable bonds is 3. The van der Waals surface area contributed by atoms with Gasteiger partial charge in [0.25, 0.3) is 0 Å². The fraction of sp³-hybridized carbons (Fsp3) is 0.250. The topological polar surface area (TPSA) is 17.1 Å². The van der Waals surface area contributed by atoms with Crippen molar-refractivity contribution in [2.45, 2.75) is 19.8 Å². The van der Waals surface area contributed by atoms with Gasteiger partial charge in [0.1, 0.15) is 6.29 Å². The monoisotopic (exact) mass is 174 g/mol. The van der Waals surface area contributed by atoms with Crippen molar-refractivity contribution in [3.63, 3.8) is 0 Å². The molecule has 1 atom stereocenters. The number of aldehydes is 1. The van der Waals surface area contributed by atoms with Crippen molar-refractivity contribution in [3.05, 3.63) is 47.5 Å². The summed E-state index contributed by atoms with van der Waals surface area (Å²) in [6.07, 6.45) is 2.95. The van der Waals surface area contributed by atoms with Crippen LogP contribution in [0.3, 0.4) is 0 Å². The molecule has 0 aliphatic heterocycles. The molecule has 1 aromatic carbocycles. The van der Waals surface area contributed by atoms with Crippen molar-refractivity contribution in [2.75, 3.05) is 0 Å². The molecule has 1 heteroatoms. The zero-order valence-electron chi connectivity index (χ0n) is 8.03. The Kier molecular flexibility index (Phi) is 3.44. The van der Waals surface area contributed by atoms with Gasteiger partial charge in [-0.15, -0.1) is 0 Å². The van der Waals surface area contributed by atoms with Crippen LogP contribution in [0.5, 0.6) is 0 Å². The van der Waals surface area contributed by atoms with E-state index in [0.717, 1.165) is 11.8 Å². The van der Waals surface area contributed by atoms with E-state index in [2.05, 4.69) is 0 Å². The van der Waals surface area contributed by atoms with Gasteiger partial charge in [0.2, 0.25) is 0 Å². The molecule has 0 N–H and O–H groups in total. The molecular formula is C12H14O. The van der Waals surface area contributed by atoms with Crippen molar-refractivity contribution in [3.8, 4) is 0 Å². The summed E-state index contributed by atoms with van der Waals surface area (Å²) < 4.78 is 0. The maximum absolute atomic E-state index is 10.8. The lowest BCUT2D eigenvalue weighted by molar-refractivity contribution is -0.108. The lowest BCUT2D eigenvalue weighted by Gasteiger charge is -2.05. The van der Waals surface area contributed by atoms with E-state index in [0.29, 0.717) is 0 Å². The van der Waals surface area contributed by atoms with Gasteiger partial charge < -0.3 is 4.79 Å². The summed E-state index contributed by atoms with van der Waals surface area (Å²) in [4.78, 5) is 10.8. The van der Waals surface area contributed by atoms with Gasteiger partial charge in [-0.2, -0.15) is 0 Å². The van der Waals surface area contributed by atoms with Gasteiger partial charge in [0.15, 0.2) is 0 Å². The highest BCUT2D eigenvalue weighted by Gasteiger charge is 2.04. The first-order valence-corrected chi connectivity index (χ1v) is 4.39. The van der Waals surface area contributed by atoms with E-state index in [1.54, 1.807) is 0 Å². The molecule has 1 unspecified atom stereocenters. The number of allylic oxidation sites excluding steroid dienone is 2. The summed E-state index contributed by atoms with van der Waals surface area (Å²) in [5, 5.41) is 0. The minimum atomic E-state index is -0.0915. The van der Waals surface area contributed by atoms with Crippen LogP contribution in [0.4, 0.5) is 0 Å². The standard InChI is InChI=1S/C12H14O/c1-10(2)8-12(9-13)11-6-4-3-5-7-11/h3-9,12H,1-2H3. The summed E-state index contributed by atoms with van der Waals surface area (Å²) in [6.45, 7) is 4.00. The van der Waals surface area contributed by atoms with Crippen LogP contribution in [0.2, 0.25) is 0 Å². The number of carbonyl (C=O) groups excluding carboxylic acids is 1. The van der Waals surface area contributed by atoms with Gasteiger partial charge in [-0.1, -0.05) is 42.0 Å². The predicted octanol–water partition coefficient (Wildman–Crippen LogP) is 2.94. The van der Waals surface area contributed by atoms with Crippen LogP contribution in [0, 0.1) is 0 Å². The molecule has 0 heterocycles. The van der Waals surface area contributed by atoms with E-state index < -0.39 is 0 Å². The predicted molar refractivity (Wildman–Crippen MR) is 54.7 cm³/mol. The Morgan fingerprint density at radius 2 is 1.85 bits per heavy atom. The van der Waals surface area contributed by atoms with E-state index in [4.69, 9.17) is 0 Å². The maximum atomic E-state index is 10.8. The molecule has 1 nitrogen and oxygen atoms in total. The van der Waals surface area contributed by atoms with E-state index in [-0.39, 0.29) is 5.92 Å². The summed E-state index contributed by atoms with van der Waals surface area (Å²) in [7, 11) is 0. The molecule has 13 heavy (non-hydrogen) atoms. The van der Waals surface area contributed by atoms with Crippen molar-refractivity contribution >= 4 is 6.29 Å². The molecule has 0 aromatic heterocycles. The van der Waals surface area contributed by atoms with E-state index in [1.807, 2.05) is 50.3 Å². The second kappa shape index (κ2) is 4.61. The molecule has 0 aliphatic carbocycles. The van der Waals surface area contributed by atoms with Gasteiger partial charge in [0.05, 0.1) is 5.92 Å². The van der Waals surface area contributed by atoms with Crippen molar-refractivity contribution < 1.29 is 4.79 Å². The Bertz CT molecular complexity index is 294. The highest BCUT2D eigenvalue weighted by atomic mass is 16.1. The van der Waals surface area contributed by atoms with Crippen molar-refractivity contribution in [2.24, 2.45) is 0 Å². The fourth-order valence-corrected chi connectivity index (χ4v) is 1.25. The second-order valence-electron chi connectivity index (χ2n) is 3.32. The third kappa shape index (κ3) is 2.86. The molecule has 0 spiro atoms. The Labute approximate surface area is 79.1 Å². The number of hydrogen-bond acceptors (Lipinski definition) is 1. The first kappa shape index (κ1) is 9.72. The Morgan fingerprint density at radius 1 is 1.23 bits per heavy atom. The maximum Gasteiger partial charge on any atom is 0.131 e. The Balaban J connectivity index is 2.92. The molecule has 0 aliphatic rings. The van der Waals surface area contributed by atoms with Crippen LogP contribution >= 0.6 is 0 Å². The smallest absolute Gasteiger partial charge is 0.131 e. The minimum Gasteiger partial charge on any atom is -0.302 e. The van der Waals surface area contributed by atoms with Crippen LogP contribution in [0.15, 0.2) is 42.0 Å². The minimum absolute atomic E-state index is 0.0915. The zero-order valence-corrected chi connectivity index (χ0v) is 8.03. The summed E-state index contributed by atoms with van der Waals surface area (Å²) in [5.41, 5.74) is 2.22. The van der Waals surface area contributed by atoms with Crippen LogP contribution < -0.4 is 0 Å². The number of carbonyl (C=O) groups is 1. The summed E-state index contributed by atoms with van der Waals surface area (Å²) in [5.74, 6) is -0.0915. The van der Waals surface area contributed by atoms with Gasteiger partial charge in [-0.25, -0.2) is 0 Å². The summed E-state index contributed by atoms with van der Waals surface area (Å²) >= 11 is 0. The second-order valence-corrected chi connectivity index (χ2v) is 3.32. The Morgan fingerprint density at radius 3 is 2.31 bits per heavy atom. The van der Waals surface area contributed by atoms with E-state index >= 15 is 0 Å². The van der Waals surface area contributed by atoms with Crippen molar-refractivity contribution in [1.82, 2.24) is 0 Å². The van der Waals surface area contributed by atoms with Crippen molar-refractivity contribution in [1.29, 1.82) is 0 Å². The summed E-state index contributed by atoms with van der Waals surface area (Å²) in [6, 6.07) is 9.79. The lowest BCUT2D eigenvalue weighted by atomic mass is 9.99. The molecule has 1 rings (SSSR count). The van der Waals surface area contributed by atoms with Crippen LogP contribution in [0.25, 0.3) is 0 Å². The van der Waals surface area contributed by atoms with Crippen LogP contribution in [-0.2, 0) is 4.79 Å². The molecule has 0 saturated heterocycles. The molecule has 0 bridgehead atoms. The molecule has 0 amide bonds. The number of benzene rings is 1. The third-order valence-corrected chi connectivity index (χ3v) is 1.84. The van der Waals surface area contributed by atoms with Gasteiger partial charge in [-0.05, 0) is 19.4 Å². The highest BCUT2D eigenvalue weighted by molar-refractivity contribution is 5.65. The molecule has 0 fully saturated rings. The molecule has 0 saturated carbocycles. The van der Waals surface area contributed by atoms with Crippen LogP contribution in [-0.4, -0.2) is 6.29 Å². The zero-order chi connectivity index (χ0) is 9.68. The molecule has 1 aromatic rings. The van der Waals surface area contributed by atoms with E-state index in [9.17, 15) is 4.79 Å². The first-order chi connectivity index (χ1) is 6.24. The highest BCUT2D eigenvalue weighted by Crippen LogP contribution is 2.15. The van der Waals surface area contributed by atoms with Gasteiger partial charge >= 0.3 is 0 Å². The average molecular weight is 174 g/mol.